The van der Waals surface area contributed by atoms with Crippen LogP contribution in [0.25, 0.3) is 0 Å². The molecule has 0 spiro atoms. The average molecular weight is 199 g/mol. The molecule has 0 saturated carbocycles. The van der Waals surface area contributed by atoms with E-state index in [2.05, 4.69) is 4.74 Å². The molecule has 2 unspecified atom stereocenters. The molecule has 0 aliphatic carbocycles. The summed E-state index contributed by atoms with van der Waals surface area (Å²) in [6.45, 7) is 0. The number of cyclic esters (lactones) is 2. The van der Waals surface area contributed by atoms with Gasteiger partial charge in [-0.15, -0.1) is 0 Å². The van der Waals surface area contributed by atoms with Crippen LogP contribution in [0.4, 0.5) is 4.79 Å². The number of hydrogen-bond donors (Lipinski definition) is 1. The second-order valence-corrected chi connectivity index (χ2v) is 3.39. The van der Waals surface area contributed by atoms with E-state index in [0.717, 1.165) is 4.90 Å². The predicted octanol–water partition coefficient (Wildman–Crippen LogP) is -0.0291. The molecule has 6 nitrogen and oxygen atoms in total. The zero-order valence-corrected chi connectivity index (χ0v) is 7.30. The van der Waals surface area contributed by atoms with Crippen molar-refractivity contribution in [2.45, 2.75) is 31.3 Å². The van der Waals surface area contributed by atoms with Crippen molar-refractivity contribution in [1.29, 1.82) is 0 Å². The molecule has 6 heteroatoms. The number of amides is 1. The Balaban J connectivity index is 2.33. The van der Waals surface area contributed by atoms with Gasteiger partial charge in [0.15, 0.2) is 0 Å². The smallest absolute Gasteiger partial charge is 0.408 e. The number of hydrogen-bond acceptors (Lipinski definition) is 4. The van der Waals surface area contributed by atoms with E-state index in [4.69, 9.17) is 5.11 Å². The maximum Gasteiger partial charge on any atom is 0.408 e. The maximum atomic E-state index is 11.2. The highest BCUT2D eigenvalue weighted by Crippen LogP contribution is 2.28. The number of carboxylic acid groups (broad SMARTS) is 1. The van der Waals surface area contributed by atoms with Gasteiger partial charge in [-0.1, -0.05) is 0 Å². The largest absolute Gasteiger partial charge is 0.465 e. The fourth-order valence-electron chi connectivity index (χ4n) is 1.96. The first kappa shape index (κ1) is 8.98. The molecule has 2 atom stereocenters. The number of nitrogens with zero attached hydrogens (tertiary/aromatic N) is 1. The Morgan fingerprint density at radius 3 is 2.21 bits per heavy atom. The number of morpholine rings is 1. The van der Waals surface area contributed by atoms with Crippen LogP contribution in [0.2, 0.25) is 0 Å². The normalized spacial score (nSPS) is 31.3. The lowest BCUT2D eigenvalue weighted by atomic mass is 9.94. The lowest BCUT2D eigenvalue weighted by Crippen LogP contribution is -2.61. The SMILES string of the molecule is O=C1OC(=O)C2CCCC1N2C(=O)O. The Morgan fingerprint density at radius 1 is 1.29 bits per heavy atom. The summed E-state index contributed by atoms with van der Waals surface area (Å²) < 4.78 is 4.45. The molecule has 0 aromatic rings. The molecule has 0 aromatic heterocycles. The molecule has 2 fully saturated rings. The third-order valence-electron chi connectivity index (χ3n) is 2.59. The minimum atomic E-state index is -1.23. The van der Waals surface area contributed by atoms with Crippen molar-refractivity contribution in [3.63, 3.8) is 0 Å². The summed E-state index contributed by atoms with van der Waals surface area (Å²) in [6.07, 6.45) is 0.328. The van der Waals surface area contributed by atoms with Crippen LogP contribution in [-0.4, -0.2) is 40.1 Å². The van der Waals surface area contributed by atoms with Gasteiger partial charge in [0.05, 0.1) is 0 Å². The van der Waals surface area contributed by atoms with Crippen molar-refractivity contribution >= 4 is 18.0 Å². The summed E-state index contributed by atoms with van der Waals surface area (Å²) in [5.74, 6) is -1.48. The Hall–Kier alpha value is -1.59. The van der Waals surface area contributed by atoms with E-state index in [0.29, 0.717) is 19.3 Å². The number of rotatable bonds is 0. The van der Waals surface area contributed by atoms with Gasteiger partial charge in [0, 0.05) is 0 Å². The van der Waals surface area contributed by atoms with Crippen molar-refractivity contribution in [1.82, 2.24) is 4.90 Å². The lowest BCUT2D eigenvalue weighted by molar-refractivity contribution is -0.178. The highest BCUT2D eigenvalue weighted by molar-refractivity contribution is 5.97. The van der Waals surface area contributed by atoms with E-state index >= 15 is 0 Å². The molecule has 2 aliphatic heterocycles. The van der Waals surface area contributed by atoms with Gasteiger partial charge >= 0.3 is 18.0 Å². The molecule has 1 amide bonds. The van der Waals surface area contributed by atoms with Crippen LogP contribution in [-0.2, 0) is 14.3 Å². The van der Waals surface area contributed by atoms with Gasteiger partial charge in [0.25, 0.3) is 0 Å². The van der Waals surface area contributed by atoms with Crippen molar-refractivity contribution in [3.05, 3.63) is 0 Å². The molecular formula is C8H9NO5. The highest BCUT2D eigenvalue weighted by atomic mass is 16.6. The number of fused-ring (bicyclic) bond motifs is 2. The predicted molar refractivity (Wildman–Crippen MR) is 42.4 cm³/mol. The number of esters is 2. The first-order valence-electron chi connectivity index (χ1n) is 4.38. The molecule has 76 valence electrons. The van der Waals surface area contributed by atoms with Gasteiger partial charge in [0.1, 0.15) is 12.1 Å². The van der Waals surface area contributed by atoms with Gasteiger partial charge in [-0.25, -0.2) is 14.4 Å². The summed E-state index contributed by atoms with van der Waals surface area (Å²) in [4.78, 5) is 34.1. The van der Waals surface area contributed by atoms with Crippen molar-refractivity contribution in [2.75, 3.05) is 0 Å². The first-order valence-corrected chi connectivity index (χ1v) is 4.38. The van der Waals surface area contributed by atoms with Gasteiger partial charge < -0.3 is 9.84 Å². The van der Waals surface area contributed by atoms with E-state index in [-0.39, 0.29) is 0 Å². The summed E-state index contributed by atoms with van der Waals surface area (Å²) >= 11 is 0. The Morgan fingerprint density at radius 2 is 1.79 bits per heavy atom. The quantitative estimate of drug-likeness (QED) is 0.437. The second-order valence-electron chi connectivity index (χ2n) is 3.39. The molecule has 2 heterocycles. The summed E-state index contributed by atoms with van der Waals surface area (Å²) in [5.41, 5.74) is 0. The molecule has 2 bridgehead atoms. The van der Waals surface area contributed by atoms with E-state index in [1.807, 2.05) is 0 Å². The number of carbonyl (C=O) groups excluding carboxylic acids is 2. The molecule has 0 radical (unpaired) electrons. The van der Waals surface area contributed by atoms with Crippen LogP contribution < -0.4 is 0 Å². The average Bonchev–Trinajstić information content (AvgIpc) is 2.14. The number of ether oxygens (including phenoxy) is 1. The Bertz CT molecular complexity index is 291. The monoisotopic (exact) mass is 199 g/mol. The maximum absolute atomic E-state index is 11.2. The third kappa shape index (κ3) is 1.14. The van der Waals surface area contributed by atoms with E-state index in [9.17, 15) is 14.4 Å². The van der Waals surface area contributed by atoms with Crippen LogP contribution in [0.1, 0.15) is 19.3 Å². The minimum absolute atomic E-state index is 0.439. The number of carbonyl (C=O) groups is 3. The van der Waals surface area contributed by atoms with Crippen LogP contribution in [0, 0.1) is 0 Å². The van der Waals surface area contributed by atoms with Crippen molar-refractivity contribution in [3.8, 4) is 0 Å². The van der Waals surface area contributed by atoms with Crippen LogP contribution in [0.15, 0.2) is 0 Å². The second kappa shape index (κ2) is 2.97. The molecule has 1 N–H and O–H groups in total. The van der Waals surface area contributed by atoms with Gasteiger partial charge in [-0.3, -0.25) is 4.90 Å². The summed E-state index contributed by atoms with van der Waals surface area (Å²) in [5, 5.41) is 8.85. The molecule has 2 saturated heterocycles. The standard InChI is InChI=1S/C8H9NO5/c10-6-4-2-1-3-5(7(11)14-6)9(4)8(12)13/h4-5H,1-3H2,(H,12,13). The van der Waals surface area contributed by atoms with E-state index in [1.54, 1.807) is 0 Å². The minimum Gasteiger partial charge on any atom is -0.465 e. The Labute approximate surface area is 79.4 Å². The van der Waals surface area contributed by atoms with Crippen LogP contribution >= 0.6 is 0 Å². The van der Waals surface area contributed by atoms with Crippen LogP contribution in [0.3, 0.4) is 0 Å². The molecule has 2 aliphatic rings. The summed E-state index contributed by atoms with van der Waals surface area (Å²) in [6, 6.07) is -1.58. The van der Waals surface area contributed by atoms with Gasteiger partial charge in [-0.05, 0) is 19.3 Å². The summed E-state index contributed by atoms with van der Waals surface area (Å²) in [7, 11) is 0. The zero-order valence-electron chi connectivity index (χ0n) is 7.30. The molecular weight excluding hydrogens is 190 g/mol. The first-order chi connectivity index (χ1) is 6.61. The van der Waals surface area contributed by atoms with E-state index < -0.39 is 30.1 Å². The topological polar surface area (TPSA) is 83.9 Å². The fraction of sp³-hybridized carbons (Fsp3) is 0.625. The van der Waals surface area contributed by atoms with Gasteiger partial charge in [0.2, 0.25) is 0 Å². The van der Waals surface area contributed by atoms with Crippen molar-refractivity contribution < 1.29 is 24.2 Å². The van der Waals surface area contributed by atoms with Crippen LogP contribution in [0.5, 0.6) is 0 Å². The number of piperidine rings is 1. The Kier molecular flexibility index (Phi) is 1.90. The van der Waals surface area contributed by atoms with Crippen molar-refractivity contribution in [2.24, 2.45) is 0 Å². The lowest BCUT2D eigenvalue weighted by Gasteiger charge is -2.40. The molecule has 2 rings (SSSR count). The third-order valence-corrected chi connectivity index (χ3v) is 2.59. The molecule has 14 heavy (non-hydrogen) atoms. The van der Waals surface area contributed by atoms with E-state index in [1.165, 1.54) is 0 Å². The zero-order chi connectivity index (χ0) is 10.3. The highest BCUT2D eigenvalue weighted by Gasteiger charge is 2.48. The molecule has 0 aromatic carbocycles. The van der Waals surface area contributed by atoms with Gasteiger partial charge in [-0.2, -0.15) is 0 Å². The fourth-order valence-corrected chi connectivity index (χ4v) is 1.96.